The van der Waals surface area contributed by atoms with Crippen molar-refractivity contribution >= 4 is 32.8 Å². The van der Waals surface area contributed by atoms with Gasteiger partial charge in [-0.2, -0.15) is 4.31 Å². The molecule has 1 aromatic heterocycles. The fourth-order valence-corrected chi connectivity index (χ4v) is 4.99. The van der Waals surface area contributed by atoms with Gasteiger partial charge >= 0.3 is 0 Å². The lowest BCUT2D eigenvalue weighted by atomic mass is 10.3. The normalized spacial score (nSPS) is 16.8. The van der Waals surface area contributed by atoms with Crippen LogP contribution >= 0.6 is 11.8 Å². The fraction of sp³-hybridized carbons (Fsp3) is 0.533. The first-order valence-electron chi connectivity index (χ1n) is 7.92. The van der Waals surface area contributed by atoms with E-state index < -0.39 is 16.4 Å². The zero-order valence-corrected chi connectivity index (χ0v) is 15.3. The molecular weight excluding hydrogens is 372 g/mol. The van der Waals surface area contributed by atoms with E-state index in [1.165, 1.54) is 10.4 Å². The standard InChI is InChI=1S/C15H19F2N3O3S2/c1-2-20-13-4-3-11(25(21,22)19-5-7-23-8-6-19)9-12(13)18-15(20)24-10-14(16)17/h3-4,9,14H,2,5-8,10H2,1H3. The smallest absolute Gasteiger partial charge is 0.248 e. The number of benzene rings is 1. The topological polar surface area (TPSA) is 64.4 Å². The van der Waals surface area contributed by atoms with E-state index in [1.54, 1.807) is 12.1 Å². The quantitative estimate of drug-likeness (QED) is 0.708. The second-order valence-electron chi connectivity index (χ2n) is 5.51. The minimum atomic E-state index is -3.61. The third-order valence-corrected chi connectivity index (χ3v) is 6.83. The van der Waals surface area contributed by atoms with Crippen LogP contribution in [0.4, 0.5) is 8.78 Å². The van der Waals surface area contributed by atoms with Gasteiger partial charge in [-0.15, -0.1) is 0 Å². The molecular formula is C15H19F2N3O3S2. The molecule has 1 fully saturated rings. The van der Waals surface area contributed by atoms with Crippen LogP contribution in [0.3, 0.4) is 0 Å². The van der Waals surface area contributed by atoms with Crippen molar-refractivity contribution in [2.45, 2.75) is 29.9 Å². The molecule has 1 aliphatic heterocycles. The molecule has 0 bridgehead atoms. The molecule has 6 nitrogen and oxygen atoms in total. The van der Waals surface area contributed by atoms with E-state index in [0.29, 0.717) is 43.5 Å². The molecule has 3 rings (SSSR count). The average molecular weight is 391 g/mol. The lowest BCUT2D eigenvalue weighted by Crippen LogP contribution is -2.40. The van der Waals surface area contributed by atoms with Crippen LogP contribution in [0, 0.1) is 0 Å². The molecule has 0 spiro atoms. The van der Waals surface area contributed by atoms with Crippen LogP contribution in [0.15, 0.2) is 28.3 Å². The number of halogens is 2. The number of morpholine rings is 1. The third-order valence-electron chi connectivity index (χ3n) is 3.95. The van der Waals surface area contributed by atoms with E-state index >= 15 is 0 Å². The van der Waals surface area contributed by atoms with Crippen molar-refractivity contribution in [1.82, 2.24) is 13.9 Å². The summed E-state index contributed by atoms with van der Waals surface area (Å²) in [6.45, 7) is 3.85. The van der Waals surface area contributed by atoms with Gasteiger partial charge in [0, 0.05) is 19.6 Å². The van der Waals surface area contributed by atoms with E-state index in [-0.39, 0.29) is 10.6 Å². The summed E-state index contributed by atoms with van der Waals surface area (Å²) < 4.78 is 58.8. The summed E-state index contributed by atoms with van der Waals surface area (Å²) in [6, 6.07) is 4.74. The Bertz CT molecular complexity index is 849. The molecule has 1 aliphatic rings. The molecule has 0 atom stereocenters. The lowest BCUT2D eigenvalue weighted by Gasteiger charge is -2.26. The molecule has 1 aromatic carbocycles. The lowest BCUT2D eigenvalue weighted by molar-refractivity contribution is 0.0730. The van der Waals surface area contributed by atoms with Gasteiger partial charge in [-0.05, 0) is 25.1 Å². The van der Waals surface area contributed by atoms with Crippen molar-refractivity contribution in [3.8, 4) is 0 Å². The Balaban J connectivity index is 1.96. The molecule has 0 radical (unpaired) electrons. The van der Waals surface area contributed by atoms with Crippen molar-refractivity contribution < 1.29 is 21.9 Å². The van der Waals surface area contributed by atoms with Crippen LogP contribution < -0.4 is 0 Å². The first-order valence-corrected chi connectivity index (χ1v) is 10.3. The first kappa shape index (κ1) is 18.6. The van der Waals surface area contributed by atoms with E-state index in [2.05, 4.69) is 4.98 Å². The van der Waals surface area contributed by atoms with Gasteiger partial charge in [-0.1, -0.05) is 11.8 Å². The zero-order chi connectivity index (χ0) is 18.0. The van der Waals surface area contributed by atoms with E-state index in [4.69, 9.17) is 4.74 Å². The van der Waals surface area contributed by atoms with Gasteiger partial charge in [0.2, 0.25) is 16.4 Å². The van der Waals surface area contributed by atoms with Crippen LogP contribution in [0.5, 0.6) is 0 Å². The van der Waals surface area contributed by atoms with Crippen LogP contribution in [0.1, 0.15) is 6.92 Å². The van der Waals surface area contributed by atoms with Gasteiger partial charge in [0.1, 0.15) is 0 Å². The second kappa shape index (κ2) is 7.56. The number of hydrogen-bond acceptors (Lipinski definition) is 5. The highest BCUT2D eigenvalue weighted by molar-refractivity contribution is 7.99. The summed E-state index contributed by atoms with van der Waals surface area (Å²) in [6.07, 6.45) is -2.42. The minimum Gasteiger partial charge on any atom is -0.379 e. The van der Waals surface area contributed by atoms with Gasteiger partial charge in [0.15, 0.2) is 5.16 Å². The Hall–Kier alpha value is -1.23. The Morgan fingerprint density at radius 3 is 2.68 bits per heavy atom. The number of imidazole rings is 1. The number of ether oxygens (including phenoxy) is 1. The predicted molar refractivity (Wildman–Crippen MR) is 91.7 cm³/mol. The van der Waals surface area contributed by atoms with Gasteiger partial charge in [0.25, 0.3) is 0 Å². The van der Waals surface area contributed by atoms with Crippen molar-refractivity contribution in [3.05, 3.63) is 18.2 Å². The molecule has 2 heterocycles. The zero-order valence-electron chi connectivity index (χ0n) is 13.7. The van der Waals surface area contributed by atoms with E-state index in [1.807, 2.05) is 11.5 Å². The average Bonchev–Trinajstić information content (AvgIpc) is 2.97. The Labute approximate surface area is 149 Å². The molecule has 25 heavy (non-hydrogen) atoms. The van der Waals surface area contributed by atoms with Crippen molar-refractivity contribution in [1.29, 1.82) is 0 Å². The van der Waals surface area contributed by atoms with Gasteiger partial charge in [-0.25, -0.2) is 22.2 Å². The largest absolute Gasteiger partial charge is 0.379 e. The maximum absolute atomic E-state index is 12.7. The summed E-state index contributed by atoms with van der Waals surface area (Å²) >= 11 is 0.972. The number of aryl methyl sites for hydroxylation is 1. The SMILES string of the molecule is CCn1c(SCC(F)F)nc2cc(S(=O)(=O)N3CCOCC3)ccc21. The Morgan fingerprint density at radius 2 is 2.04 bits per heavy atom. The van der Waals surface area contributed by atoms with Crippen LogP contribution in [-0.2, 0) is 21.3 Å². The number of aromatic nitrogens is 2. The van der Waals surface area contributed by atoms with Crippen molar-refractivity contribution in [2.24, 2.45) is 0 Å². The Kier molecular flexibility index (Phi) is 5.62. The van der Waals surface area contributed by atoms with Crippen LogP contribution in [-0.4, -0.2) is 60.8 Å². The molecule has 0 saturated carbocycles. The summed E-state index contributed by atoms with van der Waals surface area (Å²) in [5, 5.41) is 0.471. The molecule has 10 heteroatoms. The number of sulfonamides is 1. The van der Waals surface area contributed by atoms with E-state index in [9.17, 15) is 17.2 Å². The molecule has 0 N–H and O–H groups in total. The fourth-order valence-electron chi connectivity index (χ4n) is 2.74. The van der Waals surface area contributed by atoms with Crippen molar-refractivity contribution in [2.75, 3.05) is 32.1 Å². The number of hydrogen-bond donors (Lipinski definition) is 0. The van der Waals surface area contributed by atoms with Gasteiger partial charge < -0.3 is 9.30 Å². The van der Waals surface area contributed by atoms with Gasteiger partial charge in [-0.3, -0.25) is 0 Å². The van der Waals surface area contributed by atoms with Crippen molar-refractivity contribution in [3.63, 3.8) is 0 Å². The molecule has 138 valence electrons. The minimum absolute atomic E-state index is 0.160. The highest BCUT2D eigenvalue weighted by Gasteiger charge is 2.27. The Morgan fingerprint density at radius 1 is 1.32 bits per heavy atom. The molecule has 0 unspecified atom stereocenters. The van der Waals surface area contributed by atoms with E-state index in [0.717, 1.165) is 17.3 Å². The predicted octanol–water partition coefficient (Wildman–Crippen LogP) is 2.43. The summed E-state index contributed by atoms with van der Waals surface area (Å²) in [4.78, 5) is 4.52. The molecule has 0 aliphatic carbocycles. The monoisotopic (exact) mass is 391 g/mol. The highest BCUT2D eigenvalue weighted by Crippen LogP contribution is 2.28. The van der Waals surface area contributed by atoms with Gasteiger partial charge in [0.05, 0.1) is 34.9 Å². The molecule has 0 amide bonds. The van der Waals surface area contributed by atoms with Crippen LogP contribution in [0.25, 0.3) is 11.0 Å². The summed E-state index contributed by atoms with van der Waals surface area (Å²) in [7, 11) is -3.61. The number of fused-ring (bicyclic) bond motifs is 1. The number of alkyl halides is 2. The maximum Gasteiger partial charge on any atom is 0.248 e. The molecule has 1 saturated heterocycles. The maximum atomic E-state index is 12.7. The van der Waals surface area contributed by atoms with Crippen LogP contribution in [0.2, 0.25) is 0 Å². The third kappa shape index (κ3) is 3.81. The summed E-state index contributed by atoms with van der Waals surface area (Å²) in [5.74, 6) is -0.345. The number of thioether (sulfide) groups is 1. The number of rotatable bonds is 6. The number of nitrogens with zero attached hydrogens (tertiary/aromatic N) is 3. The highest BCUT2D eigenvalue weighted by atomic mass is 32.2. The first-order chi connectivity index (χ1) is 11.9. The summed E-state index contributed by atoms with van der Waals surface area (Å²) in [5.41, 5.74) is 1.23. The second-order valence-corrected chi connectivity index (χ2v) is 8.43. The molecule has 2 aromatic rings.